The third kappa shape index (κ3) is 7.01. The van der Waals surface area contributed by atoms with Crippen LogP contribution >= 0.6 is 0 Å². The van der Waals surface area contributed by atoms with Gasteiger partial charge in [-0.3, -0.25) is 4.79 Å². The Balaban J connectivity index is 1.23. The SMILES string of the molecule is COCCC(=O)N(C)C1CCN(C2=CC=C(NC(=O)Nc3ccc(OC4=CC=CCC4)cc3)CC2)C1. The van der Waals surface area contributed by atoms with Crippen LogP contribution in [0.4, 0.5) is 10.5 Å². The zero-order valence-corrected chi connectivity index (χ0v) is 21.2. The van der Waals surface area contributed by atoms with Crippen LogP contribution < -0.4 is 15.4 Å². The molecule has 0 radical (unpaired) electrons. The Morgan fingerprint density at radius 3 is 2.61 bits per heavy atom. The average Bonchev–Trinajstić information content (AvgIpc) is 3.39. The van der Waals surface area contributed by atoms with Gasteiger partial charge in [0.25, 0.3) is 0 Å². The van der Waals surface area contributed by atoms with Crippen molar-refractivity contribution >= 4 is 17.6 Å². The van der Waals surface area contributed by atoms with Crippen LogP contribution in [0.15, 0.2) is 71.8 Å². The molecule has 0 saturated carbocycles. The number of anilines is 1. The summed E-state index contributed by atoms with van der Waals surface area (Å²) in [6.07, 6.45) is 15.0. The Labute approximate surface area is 213 Å². The zero-order chi connectivity index (χ0) is 25.3. The number of carbonyl (C=O) groups is 2. The summed E-state index contributed by atoms with van der Waals surface area (Å²) < 4.78 is 10.9. The van der Waals surface area contributed by atoms with E-state index >= 15 is 0 Å². The number of carbonyl (C=O) groups excluding carboxylic acids is 2. The predicted molar refractivity (Wildman–Crippen MR) is 140 cm³/mol. The van der Waals surface area contributed by atoms with Crippen molar-refractivity contribution in [2.75, 3.05) is 39.2 Å². The molecule has 8 nitrogen and oxygen atoms in total. The van der Waals surface area contributed by atoms with Crippen LogP contribution in [-0.2, 0) is 9.53 Å². The molecule has 4 rings (SSSR count). The van der Waals surface area contributed by atoms with Crippen molar-refractivity contribution in [2.24, 2.45) is 0 Å². The fourth-order valence-corrected chi connectivity index (χ4v) is 4.61. The fraction of sp³-hybridized carbons (Fsp3) is 0.429. The Kier molecular flexibility index (Phi) is 8.84. The first-order valence-corrected chi connectivity index (χ1v) is 12.6. The quantitative estimate of drug-likeness (QED) is 0.528. The highest BCUT2D eigenvalue weighted by atomic mass is 16.5. The van der Waals surface area contributed by atoms with Crippen LogP contribution in [0, 0.1) is 0 Å². The summed E-state index contributed by atoms with van der Waals surface area (Å²) in [5.74, 6) is 1.82. The zero-order valence-electron chi connectivity index (χ0n) is 21.2. The standard InChI is InChI=1S/C28H36N4O4/c1-31(27(33)17-19-35-2)24-16-18-32(20-24)23-12-8-21(9-13-23)29-28(34)30-22-10-14-26(15-11-22)36-25-6-4-3-5-7-25/h3-4,6,8,10-12,14-15,24H,5,7,9,13,16-20H2,1-2H3,(H2,29,30,34). The lowest BCUT2D eigenvalue weighted by molar-refractivity contribution is -0.132. The molecule has 3 aliphatic rings. The molecule has 1 atom stereocenters. The minimum Gasteiger partial charge on any atom is -0.462 e. The molecule has 1 saturated heterocycles. The minimum atomic E-state index is -0.260. The number of likely N-dealkylation sites (tertiary alicyclic amines) is 1. The molecule has 0 bridgehead atoms. The monoisotopic (exact) mass is 492 g/mol. The Morgan fingerprint density at radius 2 is 1.92 bits per heavy atom. The van der Waals surface area contributed by atoms with Crippen LogP contribution in [0.2, 0.25) is 0 Å². The average molecular weight is 493 g/mol. The molecule has 1 fully saturated rings. The second-order valence-electron chi connectivity index (χ2n) is 9.29. The number of allylic oxidation sites excluding steroid dienone is 8. The van der Waals surface area contributed by atoms with E-state index in [1.807, 2.05) is 54.4 Å². The summed E-state index contributed by atoms with van der Waals surface area (Å²) in [6, 6.07) is 7.34. The molecular weight excluding hydrogens is 456 g/mol. The molecule has 1 heterocycles. The van der Waals surface area contributed by atoms with Crippen LogP contribution in [-0.4, -0.2) is 61.6 Å². The highest BCUT2D eigenvalue weighted by Gasteiger charge is 2.29. The number of amides is 3. The number of nitrogens with zero attached hydrogens (tertiary/aromatic N) is 2. The number of rotatable bonds is 9. The third-order valence-corrected chi connectivity index (χ3v) is 6.77. The molecule has 1 unspecified atom stereocenters. The van der Waals surface area contributed by atoms with E-state index in [9.17, 15) is 9.59 Å². The minimum absolute atomic E-state index is 0.125. The van der Waals surface area contributed by atoms with E-state index in [0.717, 1.165) is 62.4 Å². The lowest BCUT2D eigenvalue weighted by Crippen LogP contribution is -2.39. The topological polar surface area (TPSA) is 83.1 Å². The molecule has 2 aliphatic carbocycles. The largest absolute Gasteiger partial charge is 0.462 e. The van der Waals surface area contributed by atoms with Crippen LogP contribution in [0.3, 0.4) is 0 Å². The van der Waals surface area contributed by atoms with Crippen molar-refractivity contribution in [1.82, 2.24) is 15.1 Å². The highest BCUT2D eigenvalue weighted by molar-refractivity contribution is 5.90. The van der Waals surface area contributed by atoms with Crippen LogP contribution in [0.5, 0.6) is 5.75 Å². The van der Waals surface area contributed by atoms with Gasteiger partial charge in [-0.15, -0.1) is 0 Å². The summed E-state index contributed by atoms with van der Waals surface area (Å²) in [5.41, 5.74) is 2.84. The summed E-state index contributed by atoms with van der Waals surface area (Å²) in [5, 5.41) is 5.84. The van der Waals surface area contributed by atoms with E-state index in [-0.39, 0.29) is 18.0 Å². The smallest absolute Gasteiger partial charge is 0.323 e. The van der Waals surface area contributed by atoms with Crippen molar-refractivity contribution in [3.63, 3.8) is 0 Å². The molecule has 2 N–H and O–H groups in total. The van der Waals surface area contributed by atoms with Gasteiger partial charge in [-0.25, -0.2) is 4.79 Å². The molecule has 1 aromatic carbocycles. The highest BCUT2D eigenvalue weighted by Crippen LogP contribution is 2.26. The van der Waals surface area contributed by atoms with Gasteiger partial charge in [0, 0.05) is 50.7 Å². The summed E-state index contributed by atoms with van der Waals surface area (Å²) in [4.78, 5) is 29.0. The number of hydrogen-bond acceptors (Lipinski definition) is 5. The van der Waals surface area contributed by atoms with Gasteiger partial charge >= 0.3 is 6.03 Å². The van der Waals surface area contributed by atoms with E-state index in [0.29, 0.717) is 18.7 Å². The molecule has 1 aliphatic heterocycles. The van der Waals surface area contributed by atoms with Crippen molar-refractivity contribution in [3.05, 3.63) is 71.8 Å². The Bertz CT molecular complexity index is 1060. The normalized spacial score (nSPS) is 19.2. The molecular formula is C28H36N4O4. The van der Waals surface area contributed by atoms with Gasteiger partial charge in [0.2, 0.25) is 5.91 Å². The maximum Gasteiger partial charge on any atom is 0.323 e. The van der Waals surface area contributed by atoms with Crippen molar-refractivity contribution in [3.8, 4) is 5.75 Å². The lowest BCUT2D eigenvalue weighted by Gasteiger charge is -2.28. The summed E-state index contributed by atoms with van der Waals surface area (Å²) in [6.45, 7) is 2.23. The van der Waals surface area contributed by atoms with Crippen LogP contribution in [0.1, 0.15) is 38.5 Å². The number of ether oxygens (including phenoxy) is 2. The van der Waals surface area contributed by atoms with E-state index in [1.165, 1.54) is 5.70 Å². The van der Waals surface area contributed by atoms with E-state index < -0.39 is 0 Å². The first kappa shape index (κ1) is 25.6. The van der Waals surface area contributed by atoms with Crippen molar-refractivity contribution < 1.29 is 19.1 Å². The number of hydrogen-bond donors (Lipinski definition) is 2. The molecule has 0 spiro atoms. The van der Waals surface area contributed by atoms with Gasteiger partial charge in [-0.05, 0) is 68.2 Å². The third-order valence-electron chi connectivity index (χ3n) is 6.77. The Morgan fingerprint density at radius 1 is 1.08 bits per heavy atom. The van der Waals surface area contributed by atoms with Crippen molar-refractivity contribution in [2.45, 2.75) is 44.6 Å². The maximum absolute atomic E-state index is 12.5. The van der Waals surface area contributed by atoms with E-state index in [2.05, 4.69) is 27.7 Å². The number of nitrogens with one attached hydrogen (secondary N) is 2. The first-order valence-electron chi connectivity index (χ1n) is 12.6. The second kappa shape index (κ2) is 12.4. The van der Waals surface area contributed by atoms with Gasteiger partial charge in [0.1, 0.15) is 11.5 Å². The molecule has 3 amide bonds. The van der Waals surface area contributed by atoms with E-state index in [1.54, 1.807) is 7.11 Å². The number of urea groups is 1. The lowest BCUT2D eigenvalue weighted by atomic mass is 10.1. The molecule has 8 heteroatoms. The summed E-state index contributed by atoms with van der Waals surface area (Å²) in [7, 11) is 3.50. The first-order chi connectivity index (χ1) is 17.5. The molecule has 1 aromatic rings. The number of likely N-dealkylation sites (N-methyl/N-ethyl adjacent to an activating group) is 1. The Hall–Kier alpha value is -3.52. The number of methoxy groups -OCH3 is 1. The van der Waals surface area contributed by atoms with Gasteiger partial charge < -0.3 is 29.9 Å². The maximum atomic E-state index is 12.5. The van der Waals surface area contributed by atoms with Gasteiger partial charge in [0.15, 0.2) is 0 Å². The molecule has 36 heavy (non-hydrogen) atoms. The molecule has 192 valence electrons. The second-order valence-corrected chi connectivity index (χ2v) is 9.29. The molecule has 0 aromatic heterocycles. The fourth-order valence-electron chi connectivity index (χ4n) is 4.61. The number of benzene rings is 1. The summed E-state index contributed by atoms with van der Waals surface area (Å²) >= 11 is 0. The van der Waals surface area contributed by atoms with Crippen LogP contribution in [0.25, 0.3) is 0 Å². The van der Waals surface area contributed by atoms with Gasteiger partial charge in [0.05, 0.1) is 19.1 Å². The van der Waals surface area contributed by atoms with Crippen molar-refractivity contribution in [1.29, 1.82) is 0 Å². The van der Waals surface area contributed by atoms with Gasteiger partial charge in [-0.2, -0.15) is 0 Å². The predicted octanol–water partition coefficient (Wildman–Crippen LogP) is 4.55. The van der Waals surface area contributed by atoms with E-state index in [4.69, 9.17) is 9.47 Å². The van der Waals surface area contributed by atoms with Gasteiger partial charge in [-0.1, -0.05) is 12.2 Å².